The second-order valence-corrected chi connectivity index (χ2v) is 8.52. The molecule has 1 N–H and O–H groups in total. The number of amides is 1. The van der Waals surface area contributed by atoms with Crippen molar-refractivity contribution < 1.29 is 40.7 Å². The highest BCUT2D eigenvalue weighted by Gasteiger charge is 2.62. The second-order valence-electron chi connectivity index (χ2n) is 8.52. The Morgan fingerprint density at radius 2 is 1.94 bits per heavy atom. The lowest BCUT2D eigenvalue weighted by atomic mass is 9.85. The van der Waals surface area contributed by atoms with E-state index in [2.05, 4.69) is 10.5 Å². The molecule has 11 heteroatoms. The van der Waals surface area contributed by atoms with Crippen LogP contribution in [0, 0.1) is 0 Å². The van der Waals surface area contributed by atoms with Crippen molar-refractivity contribution in [3.05, 3.63) is 70.3 Å². The molecule has 2 aliphatic rings. The highest BCUT2D eigenvalue weighted by Crippen LogP contribution is 2.49. The summed E-state index contributed by atoms with van der Waals surface area (Å²) in [5.41, 5.74) is -2.82. The Labute approximate surface area is 197 Å². The van der Waals surface area contributed by atoms with Gasteiger partial charge in [0, 0.05) is 25.5 Å². The average Bonchev–Trinajstić information content (AvgIpc) is 3.42. The molecule has 0 saturated heterocycles. The van der Waals surface area contributed by atoms with Gasteiger partial charge in [0.15, 0.2) is 0 Å². The fraction of sp³-hybridized carbons (Fsp3) is 0.417. The average molecular weight is 500 g/mol. The first kappa shape index (κ1) is 25.0. The van der Waals surface area contributed by atoms with E-state index in [0.717, 1.165) is 23.3 Å². The molecule has 0 spiro atoms. The number of carbonyl (C=O) groups is 1. The van der Waals surface area contributed by atoms with Crippen molar-refractivity contribution in [3.8, 4) is 0 Å². The Bertz CT molecular complexity index is 1140. The molecule has 2 atom stereocenters. The summed E-state index contributed by atoms with van der Waals surface area (Å²) in [6.45, 7) is 0.289. The molecular weight excluding hydrogens is 478 g/mol. The zero-order valence-corrected chi connectivity index (χ0v) is 18.6. The molecule has 35 heavy (non-hydrogen) atoms. The van der Waals surface area contributed by atoms with E-state index in [-0.39, 0.29) is 30.7 Å². The Hall–Kier alpha value is -3.08. The van der Waals surface area contributed by atoms with Gasteiger partial charge in [0.05, 0.1) is 23.9 Å². The van der Waals surface area contributed by atoms with E-state index in [0.29, 0.717) is 30.5 Å². The minimum Gasteiger partial charge on any atom is -0.384 e. The summed E-state index contributed by atoms with van der Waals surface area (Å²) >= 11 is 0. The smallest absolute Gasteiger partial charge is 0.384 e. The standard InChI is InChI=1S/C24H22F6N2O3/c1-34-10-9-21(33)31-19-8-6-14-11-15(5-7-18(14)19)20-13-22(35-32-20,24(28,29)30)16-3-2-4-17(12-16)23(25,26)27/h2-5,7,11-12,19H,6,8-10,13H2,1H3,(H,31,33)/t19?,22-/m0/s1. The van der Waals surface area contributed by atoms with Crippen LogP contribution in [0.2, 0.25) is 0 Å². The molecule has 2 aromatic rings. The minimum atomic E-state index is -5.02. The molecule has 0 aromatic heterocycles. The minimum absolute atomic E-state index is 0.0184. The number of alkyl halides is 6. The van der Waals surface area contributed by atoms with Crippen molar-refractivity contribution in [2.24, 2.45) is 5.16 Å². The Kier molecular flexibility index (Phi) is 6.56. The molecule has 1 heterocycles. The predicted molar refractivity (Wildman–Crippen MR) is 114 cm³/mol. The highest BCUT2D eigenvalue weighted by molar-refractivity contribution is 6.02. The van der Waals surface area contributed by atoms with Gasteiger partial charge in [-0.2, -0.15) is 26.3 Å². The lowest BCUT2D eigenvalue weighted by Crippen LogP contribution is -2.42. The third kappa shape index (κ3) is 4.86. The van der Waals surface area contributed by atoms with Gasteiger partial charge >= 0.3 is 12.4 Å². The summed E-state index contributed by atoms with van der Waals surface area (Å²) in [6.07, 6.45) is -9.14. The number of nitrogens with one attached hydrogen (secondary N) is 1. The lowest BCUT2D eigenvalue weighted by molar-refractivity contribution is -0.276. The van der Waals surface area contributed by atoms with E-state index in [1.54, 1.807) is 18.2 Å². The first-order valence-corrected chi connectivity index (χ1v) is 10.9. The molecular formula is C24H22F6N2O3. The number of ether oxygens (including phenoxy) is 1. The van der Waals surface area contributed by atoms with Crippen molar-refractivity contribution in [1.29, 1.82) is 0 Å². The molecule has 0 radical (unpaired) electrons. The first-order valence-electron chi connectivity index (χ1n) is 10.9. The molecule has 2 aromatic carbocycles. The largest absolute Gasteiger partial charge is 0.435 e. The molecule has 5 nitrogen and oxygen atoms in total. The number of hydrogen-bond acceptors (Lipinski definition) is 4. The Morgan fingerprint density at radius 1 is 1.17 bits per heavy atom. The monoisotopic (exact) mass is 500 g/mol. The van der Waals surface area contributed by atoms with Crippen LogP contribution < -0.4 is 5.32 Å². The van der Waals surface area contributed by atoms with E-state index < -0.39 is 35.5 Å². The molecule has 1 aliphatic heterocycles. The van der Waals surface area contributed by atoms with E-state index in [4.69, 9.17) is 9.57 Å². The quantitative estimate of drug-likeness (QED) is 0.539. The van der Waals surface area contributed by atoms with Crippen molar-refractivity contribution in [2.45, 2.75) is 49.7 Å². The van der Waals surface area contributed by atoms with Gasteiger partial charge in [-0.1, -0.05) is 29.4 Å². The van der Waals surface area contributed by atoms with Gasteiger partial charge in [-0.15, -0.1) is 0 Å². The number of aryl methyl sites for hydroxylation is 1. The molecule has 4 rings (SSSR count). The van der Waals surface area contributed by atoms with E-state index in [9.17, 15) is 31.1 Å². The van der Waals surface area contributed by atoms with Crippen molar-refractivity contribution in [3.63, 3.8) is 0 Å². The van der Waals surface area contributed by atoms with Gasteiger partial charge in [0.2, 0.25) is 5.91 Å². The normalized spacial score (nSPS) is 21.9. The van der Waals surface area contributed by atoms with Gasteiger partial charge in [-0.3, -0.25) is 4.79 Å². The molecule has 1 unspecified atom stereocenters. The van der Waals surface area contributed by atoms with Gasteiger partial charge in [0.25, 0.3) is 5.60 Å². The second kappa shape index (κ2) is 9.18. The van der Waals surface area contributed by atoms with Gasteiger partial charge in [-0.25, -0.2) is 0 Å². The van der Waals surface area contributed by atoms with E-state index in [1.165, 1.54) is 7.11 Å². The molecule has 1 aliphatic carbocycles. The third-order valence-corrected chi connectivity index (χ3v) is 6.26. The number of benzene rings is 2. The zero-order valence-electron chi connectivity index (χ0n) is 18.6. The van der Waals surface area contributed by atoms with E-state index in [1.807, 2.05) is 0 Å². The van der Waals surface area contributed by atoms with Crippen LogP contribution in [0.5, 0.6) is 0 Å². The molecule has 0 saturated carbocycles. The molecule has 1 amide bonds. The zero-order chi connectivity index (χ0) is 25.4. The number of carbonyl (C=O) groups excluding carboxylic acids is 1. The van der Waals surface area contributed by atoms with Crippen molar-refractivity contribution in [1.82, 2.24) is 5.32 Å². The summed E-state index contributed by atoms with van der Waals surface area (Å²) in [6, 6.07) is 7.81. The van der Waals surface area contributed by atoms with E-state index >= 15 is 0 Å². The predicted octanol–water partition coefficient (Wildman–Crippen LogP) is 5.43. The summed E-state index contributed by atoms with van der Waals surface area (Å²) in [5.74, 6) is -0.168. The fourth-order valence-electron chi connectivity index (χ4n) is 4.41. The Morgan fingerprint density at radius 3 is 2.63 bits per heavy atom. The van der Waals surface area contributed by atoms with Crippen LogP contribution in [0.3, 0.4) is 0 Å². The SMILES string of the molecule is COCCC(=O)NC1CCc2cc(C3=NO[C@@](c4cccc(C(F)(F)F)c4)(C(F)(F)F)C3)ccc21. The topological polar surface area (TPSA) is 59.9 Å². The highest BCUT2D eigenvalue weighted by atomic mass is 19.4. The van der Waals surface area contributed by atoms with Gasteiger partial charge < -0.3 is 14.9 Å². The summed E-state index contributed by atoms with van der Waals surface area (Å²) < 4.78 is 86.8. The van der Waals surface area contributed by atoms with Crippen LogP contribution in [0.25, 0.3) is 0 Å². The van der Waals surface area contributed by atoms with Crippen LogP contribution in [0.4, 0.5) is 26.3 Å². The third-order valence-electron chi connectivity index (χ3n) is 6.26. The number of nitrogens with zero attached hydrogens (tertiary/aromatic N) is 1. The van der Waals surface area contributed by atoms with Crippen LogP contribution in [0.1, 0.15) is 53.1 Å². The summed E-state index contributed by atoms with van der Waals surface area (Å²) in [4.78, 5) is 16.9. The van der Waals surface area contributed by atoms with Crippen LogP contribution >= 0.6 is 0 Å². The summed E-state index contributed by atoms with van der Waals surface area (Å²) in [7, 11) is 1.50. The van der Waals surface area contributed by atoms with Crippen LogP contribution in [0.15, 0.2) is 47.6 Å². The maximum absolute atomic E-state index is 14.2. The molecule has 188 valence electrons. The Balaban J connectivity index is 1.58. The molecule has 0 fully saturated rings. The molecule has 0 bridgehead atoms. The van der Waals surface area contributed by atoms with Crippen molar-refractivity contribution >= 4 is 11.6 Å². The van der Waals surface area contributed by atoms with Gasteiger partial charge in [0.1, 0.15) is 0 Å². The maximum atomic E-state index is 14.2. The number of rotatable bonds is 6. The van der Waals surface area contributed by atoms with Gasteiger partial charge in [-0.05, 0) is 47.7 Å². The number of oxime groups is 1. The van der Waals surface area contributed by atoms with Crippen LogP contribution in [-0.2, 0) is 32.6 Å². The van der Waals surface area contributed by atoms with Crippen molar-refractivity contribution in [2.75, 3.05) is 13.7 Å². The summed E-state index contributed by atoms with van der Waals surface area (Å²) in [5, 5.41) is 6.57. The fourth-order valence-corrected chi connectivity index (χ4v) is 4.41. The maximum Gasteiger partial charge on any atom is 0.435 e. The number of methoxy groups -OCH3 is 1. The lowest BCUT2D eigenvalue weighted by Gasteiger charge is -2.30. The number of hydrogen-bond donors (Lipinski definition) is 1. The van der Waals surface area contributed by atoms with Crippen LogP contribution in [-0.4, -0.2) is 31.5 Å². The number of halogens is 6. The first-order chi connectivity index (χ1) is 16.4. The number of fused-ring (bicyclic) bond motifs is 1.